The second-order valence-electron chi connectivity index (χ2n) is 7.82. The first-order valence-electron chi connectivity index (χ1n) is 10.5. The van der Waals surface area contributed by atoms with E-state index in [-0.39, 0.29) is 27.2 Å². The number of nitro groups is 1. The van der Waals surface area contributed by atoms with Gasteiger partial charge in [-0.3, -0.25) is 19.9 Å². The van der Waals surface area contributed by atoms with Gasteiger partial charge in [-0.1, -0.05) is 24.1 Å². The van der Waals surface area contributed by atoms with Crippen LogP contribution in [0, 0.1) is 10.1 Å². The predicted octanol–water partition coefficient (Wildman–Crippen LogP) is 4.81. The highest BCUT2D eigenvalue weighted by Crippen LogP contribution is 2.35. The summed E-state index contributed by atoms with van der Waals surface area (Å²) in [6, 6.07) is 13.0. The van der Waals surface area contributed by atoms with E-state index in [9.17, 15) is 23.3 Å². The molecular formula is C23H21ClN4O5S. The Morgan fingerprint density at radius 2 is 1.91 bits per heavy atom. The number of nitrogens with zero attached hydrogens (tertiary/aromatic N) is 3. The number of amides is 1. The molecule has 1 saturated heterocycles. The van der Waals surface area contributed by atoms with Gasteiger partial charge in [0, 0.05) is 36.3 Å². The molecule has 0 aliphatic carbocycles. The maximum atomic E-state index is 13.4. The van der Waals surface area contributed by atoms with E-state index in [1.54, 1.807) is 18.5 Å². The summed E-state index contributed by atoms with van der Waals surface area (Å²) in [6.45, 7) is 0.412. The van der Waals surface area contributed by atoms with E-state index in [0.29, 0.717) is 18.7 Å². The van der Waals surface area contributed by atoms with Crippen molar-refractivity contribution < 1.29 is 18.1 Å². The van der Waals surface area contributed by atoms with Gasteiger partial charge in [0.1, 0.15) is 5.02 Å². The fourth-order valence-corrected chi connectivity index (χ4v) is 5.81. The van der Waals surface area contributed by atoms with E-state index in [0.717, 1.165) is 24.5 Å². The molecule has 0 saturated carbocycles. The fourth-order valence-electron chi connectivity index (χ4n) is 3.94. The summed E-state index contributed by atoms with van der Waals surface area (Å²) in [4.78, 5) is 27.1. The number of benzene rings is 2. The molecule has 34 heavy (non-hydrogen) atoms. The van der Waals surface area contributed by atoms with E-state index >= 15 is 0 Å². The van der Waals surface area contributed by atoms with Crippen molar-refractivity contribution >= 4 is 38.9 Å². The number of nitrogens with one attached hydrogen (secondary N) is 1. The third-order valence-corrected chi connectivity index (χ3v) is 7.89. The number of carbonyl (C=O) groups is 1. The van der Waals surface area contributed by atoms with Crippen molar-refractivity contribution in [1.29, 1.82) is 0 Å². The molecule has 2 aromatic carbocycles. The number of carbonyl (C=O) groups excluding carboxylic acids is 1. The monoisotopic (exact) mass is 500 g/mol. The Morgan fingerprint density at radius 1 is 1.15 bits per heavy atom. The van der Waals surface area contributed by atoms with Gasteiger partial charge in [0.05, 0.1) is 15.9 Å². The molecule has 1 atom stereocenters. The van der Waals surface area contributed by atoms with Crippen LogP contribution in [0.1, 0.15) is 41.2 Å². The predicted molar refractivity (Wildman–Crippen MR) is 127 cm³/mol. The number of aromatic nitrogens is 1. The van der Waals surface area contributed by atoms with Gasteiger partial charge >= 0.3 is 0 Å². The van der Waals surface area contributed by atoms with Crippen molar-refractivity contribution in [2.24, 2.45) is 0 Å². The highest BCUT2D eigenvalue weighted by molar-refractivity contribution is 7.89. The number of hydrogen-bond acceptors (Lipinski definition) is 6. The Balaban J connectivity index is 1.53. The van der Waals surface area contributed by atoms with Crippen molar-refractivity contribution in [3.05, 3.63) is 93.3 Å². The Hall–Kier alpha value is -3.34. The van der Waals surface area contributed by atoms with E-state index < -0.39 is 20.9 Å². The Kier molecular flexibility index (Phi) is 6.92. The minimum atomic E-state index is -3.77. The zero-order chi connectivity index (χ0) is 24.3. The summed E-state index contributed by atoms with van der Waals surface area (Å²) in [6.07, 6.45) is 5.77. The van der Waals surface area contributed by atoms with Crippen LogP contribution in [0.15, 0.2) is 71.9 Å². The topological polar surface area (TPSA) is 123 Å². The van der Waals surface area contributed by atoms with Gasteiger partial charge in [0.15, 0.2) is 0 Å². The van der Waals surface area contributed by atoms with Crippen molar-refractivity contribution in [3.8, 4) is 0 Å². The van der Waals surface area contributed by atoms with E-state index in [2.05, 4.69) is 10.3 Å². The highest BCUT2D eigenvalue weighted by Gasteiger charge is 2.34. The van der Waals surface area contributed by atoms with Crippen LogP contribution in [-0.4, -0.2) is 35.1 Å². The number of sulfonamides is 1. The molecule has 1 amide bonds. The first-order valence-corrected chi connectivity index (χ1v) is 12.4. The van der Waals surface area contributed by atoms with Crippen molar-refractivity contribution in [2.75, 3.05) is 11.9 Å². The van der Waals surface area contributed by atoms with E-state index in [4.69, 9.17) is 11.6 Å². The smallest absolute Gasteiger partial charge is 0.288 e. The van der Waals surface area contributed by atoms with Crippen LogP contribution in [0.25, 0.3) is 0 Å². The van der Waals surface area contributed by atoms with Gasteiger partial charge in [-0.05, 0) is 60.9 Å². The van der Waals surface area contributed by atoms with Crippen LogP contribution in [0.4, 0.5) is 11.4 Å². The molecule has 1 fully saturated rings. The summed E-state index contributed by atoms with van der Waals surface area (Å²) in [5.74, 6) is -0.581. The van der Waals surface area contributed by atoms with Crippen LogP contribution in [-0.2, 0) is 10.0 Å². The maximum Gasteiger partial charge on any atom is 0.288 e. The molecule has 1 aliphatic rings. The first-order chi connectivity index (χ1) is 16.3. The molecule has 0 spiro atoms. The molecule has 4 rings (SSSR count). The largest absolute Gasteiger partial charge is 0.322 e. The van der Waals surface area contributed by atoms with Gasteiger partial charge in [0.2, 0.25) is 10.0 Å². The number of halogens is 1. The Morgan fingerprint density at radius 3 is 2.59 bits per heavy atom. The molecule has 9 nitrogen and oxygen atoms in total. The normalized spacial score (nSPS) is 16.7. The van der Waals surface area contributed by atoms with Crippen LogP contribution in [0.5, 0.6) is 0 Å². The Bertz CT molecular complexity index is 1320. The molecule has 2 heterocycles. The highest BCUT2D eigenvalue weighted by atomic mass is 35.5. The van der Waals surface area contributed by atoms with Gasteiger partial charge in [0.25, 0.3) is 11.6 Å². The number of nitro benzene ring substituents is 1. The maximum absolute atomic E-state index is 13.4. The lowest BCUT2D eigenvalue weighted by atomic mass is 9.99. The number of anilines is 1. The molecule has 176 valence electrons. The summed E-state index contributed by atoms with van der Waals surface area (Å²) < 4.78 is 28.3. The van der Waals surface area contributed by atoms with E-state index in [1.165, 1.54) is 40.7 Å². The second kappa shape index (κ2) is 9.88. The standard InChI is InChI=1S/C23H21ClN4O5S/c24-20-11-6-16(14-22(20)28(30)31)23(29)26-18-7-9-19(10-8-18)34(32,33)27-13-2-1-5-21(27)17-4-3-12-25-15-17/h3-4,6-12,14-15,21H,1-2,5,13H2,(H,26,29)/t21-/m0/s1. The van der Waals surface area contributed by atoms with Gasteiger partial charge in [-0.25, -0.2) is 8.42 Å². The average Bonchev–Trinajstić information content (AvgIpc) is 2.85. The molecule has 0 radical (unpaired) electrons. The molecule has 1 N–H and O–H groups in total. The Labute approximate surface area is 201 Å². The minimum absolute atomic E-state index is 0.0560. The summed E-state index contributed by atoms with van der Waals surface area (Å²) in [5.41, 5.74) is 0.886. The fraction of sp³-hybridized carbons (Fsp3) is 0.217. The molecule has 0 unspecified atom stereocenters. The first kappa shape index (κ1) is 23.8. The lowest BCUT2D eigenvalue weighted by Crippen LogP contribution is -2.38. The van der Waals surface area contributed by atoms with Crippen LogP contribution in [0.2, 0.25) is 5.02 Å². The lowest BCUT2D eigenvalue weighted by Gasteiger charge is -2.34. The SMILES string of the molecule is O=C(Nc1ccc(S(=O)(=O)N2CCCC[C@H]2c2cccnc2)cc1)c1ccc(Cl)c([N+](=O)[O-])c1. The van der Waals surface area contributed by atoms with Crippen molar-refractivity contribution in [1.82, 2.24) is 9.29 Å². The molecule has 1 aromatic heterocycles. The zero-order valence-electron chi connectivity index (χ0n) is 17.9. The van der Waals surface area contributed by atoms with Crippen LogP contribution >= 0.6 is 11.6 Å². The van der Waals surface area contributed by atoms with Crippen LogP contribution in [0.3, 0.4) is 0 Å². The third-order valence-electron chi connectivity index (χ3n) is 5.65. The zero-order valence-corrected chi connectivity index (χ0v) is 19.5. The van der Waals surface area contributed by atoms with Gasteiger partial charge in [-0.2, -0.15) is 4.31 Å². The average molecular weight is 501 g/mol. The molecular weight excluding hydrogens is 480 g/mol. The molecule has 0 bridgehead atoms. The van der Waals surface area contributed by atoms with E-state index in [1.807, 2.05) is 6.07 Å². The number of piperidine rings is 1. The lowest BCUT2D eigenvalue weighted by molar-refractivity contribution is -0.384. The van der Waals surface area contributed by atoms with Crippen molar-refractivity contribution in [2.45, 2.75) is 30.2 Å². The summed E-state index contributed by atoms with van der Waals surface area (Å²) >= 11 is 5.79. The molecule has 3 aromatic rings. The molecule has 11 heteroatoms. The third kappa shape index (κ3) is 4.93. The van der Waals surface area contributed by atoms with Gasteiger partial charge < -0.3 is 5.32 Å². The number of pyridine rings is 1. The summed E-state index contributed by atoms with van der Waals surface area (Å²) in [7, 11) is -3.77. The minimum Gasteiger partial charge on any atom is -0.322 e. The number of hydrogen-bond donors (Lipinski definition) is 1. The van der Waals surface area contributed by atoms with Gasteiger partial charge in [-0.15, -0.1) is 0 Å². The second-order valence-corrected chi connectivity index (χ2v) is 10.1. The van der Waals surface area contributed by atoms with Crippen molar-refractivity contribution in [3.63, 3.8) is 0 Å². The summed E-state index contributed by atoms with van der Waals surface area (Å²) in [5, 5.41) is 13.6. The number of rotatable bonds is 6. The quantitative estimate of drug-likeness (QED) is 0.382. The molecule has 1 aliphatic heterocycles. The van der Waals surface area contributed by atoms with Crippen LogP contribution < -0.4 is 5.32 Å².